The maximum Gasteiger partial charge on any atom is 0.191 e. The van der Waals surface area contributed by atoms with Crippen LogP contribution in [0.5, 0.6) is 0 Å². The van der Waals surface area contributed by atoms with Crippen LogP contribution in [-0.2, 0) is 25.6 Å². The molecule has 0 amide bonds. The Morgan fingerprint density at radius 3 is 2.39 bits per heavy atom. The molecule has 3 aromatic rings. The van der Waals surface area contributed by atoms with Gasteiger partial charge in [-0.3, -0.25) is 0 Å². The van der Waals surface area contributed by atoms with Crippen LogP contribution >= 0.6 is 23.4 Å². The van der Waals surface area contributed by atoms with Crippen molar-refractivity contribution in [3.05, 3.63) is 76.6 Å². The number of thioether (sulfide) groups is 1. The van der Waals surface area contributed by atoms with E-state index >= 15 is 0 Å². The first-order valence-electron chi connectivity index (χ1n) is 7.52. The highest BCUT2D eigenvalue weighted by atomic mass is 35.5. The second-order valence-electron chi connectivity index (χ2n) is 5.36. The molecule has 1 heterocycles. The zero-order valence-electron chi connectivity index (χ0n) is 12.9. The first-order valence-corrected chi connectivity index (χ1v) is 8.88. The molecule has 5 heteroatoms. The topological polar surface area (TPSA) is 30.7 Å². The quantitative estimate of drug-likeness (QED) is 0.615. The van der Waals surface area contributed by atoms with E-state index in [9.17, 15) is 0 Å². The second-order valence-corrected chi connectivity index (χ2v) is 6.74. The molecule has 0 aliphatic carbocycles. The molecular formula is C18H18ClN3S. The molecule has 0 atom stereocenters. The van der Waals surface area contributed by atoms with E-state index in [0.717, 1.165) is 34.6 Å². The average molecular weight is 344 g/mol. The smallest absolute Gasteiger partial charge is 0.191 e. The minimum Gasteiger partial charge on any atom is -0.309 e. The average Bonchev–Trinajstić information content (AvgIpc) is 2.93. The van der Waals surface area contributed by atoms with Crippen molar-refractivity contribution in [2.45, 2.75) is 23.8 Å². The van der Waals surface area contributed by atoms with E-state index in [4.69, 9.17) is 11.6 Å². The molecule has 3 nitrogen and oxygen atoms in total. The Labute approximate surface area is 145 Å². The molecule has 1 aromatic heterocycles. The maximum atomic E-state index is 5.91. The van der Waals surface area contributed by atoms with Crippen LogP contribution in [0.25, 0.3) is 0 Å². The highest BCUT2D eigenvalue weighted by Crippen LogP contribution is 2.22. The zero-order valence-corrected chi connectivity index (χ0v) is 14.5. The van der Waals surface area contributed by atoms with Gasteiger partial charge < -0.3 is 4.57 Å². The van der Waals surface area contributed by atoms with Gasteiger partial charge in [-0.2, -0.15) is 0 Å². The number of rotatable bonds is 6. The Kier molecular flexibility index (Phi) is 5.36. The van der Waals surface area contributed by atoms with Gasteiger partial charge >= 0.3 is 0 Å². The molecule has 0 saturated heterocycles. The van der Waals surface area contributed by atoms with Crippen molar-refractivity contribution in [1.82, 2.24) is 14.8 Å². The Balaban J connectivity index is 1.59. The molecule has 0 fully saturated rings. The van der Waals surface area contributed by atoms with Crippen LogP contribution in [0.15, 0.2) is 59.8 Å². The molecular weight excluding hydrogens is 326 g/mol. The van der Waals surface area contributed by atoms with E-state index in [1.807, 2.05) is 37.4 Å². The Hall–Kier alpha value is -1.78. The molecule has 0 bridgehead atoms. The standard InChI is InChI=1S/C18H18ClN3S/c1-22-17(12-9-14-5-3-2-4-6-14)20-21-18(22)23-13-15-7-10-16(19)11-8-15/h2-8,10-11H,9,12-13H2,1H3. The molecule has 0 aliphatic rings. The van der Waals surface area contributed by atoms with Gasteiger partial charge in [0.2, 0.25) is 0 Å². The summed E-state index contributed by atoms with van der Waals surface area (Å²) in [7, 11) is 2.03. The lowest BCUT2D eigenvalue weighted by molar-refractivity contribution is 0.723. The Morgan fingerprint density at radius 2 is 1.65 bits per heavy atom. The van der Waals surface area contributed by atoms with Crippen LogP contribution in [0.4, 0.5) is 0 Å². The minimum atomic E-state index is 0.764. The number of nitrogens with zero attached hydrogens (tertiary/aromatic N) is 3. The van der Waals surface area contributed by atoms with Gasteiger partial charge in [0, 0.05) is 24.2 Å². The van der Waals surface area contributed by atoms with Crippen molar-refractivity contribution in [2.75, 3.05) is 0 Å². The van der Waals surface area contributed by atoms with E-state index in [1.54, 1.807) is 11.8 Å². The van der Waals surface area contributed by atoms with E-state index in [2.05, 4.69) is 39.0 Å². The third-order valence-corrected chi connectivity index (χ3v) is 5.03. The van der Waals surface area contributed by atoms with Crippen molar-refractivity contribution in [2.24, 2.45) is 7.05 Å². The van der Waals surface area contributed by atoms with Gasteiger partial charge in [-0.15, -0.1) is 10.2 Å². The number of aromatic nitrogens is 3. The molecule has 3 rings (SSSR count). The summed E-state index contributed by atoms with van der Waals surface area (Å²) in [6.07, 6.45) is 1.88. The van der Waals surface area contributed by atoms with Crippen LogP contribution in [0.2, 0.25) is 5.02 Å². The van der Waals surface area contributed by atoms with Crippen molar-refractivity contribution in [1.29, 1.82) is 0 Å². The number of halogens is 1. The Morgan fingerprint density at radius 1 is 0.913 bits per heavy atom. The fraction of sp³-hybridized carbons (Fsp3) is 0.222. The van der Waals surface area contributed by atoms with Gasteiger partial charge in [0.1, 0.15) is 5.82 Å². The summed E-state index contributed by atoms with van der Waals surface area (Å²) in [6.45, 7) is 0. The van der Waals surface area contributed by atoms with Gasteiger partial charge in [-0.25, -0.2) is 0 Å². The monoisotopic (exact) mass is 343 g/mol. The number of benzene rings is 2. The molecule has 0 spiro atoms. The summed E-state index contributed by atoms with van der Waals surface area (Å²) < 4.78 is 2.09. The highest BCUT2D eigenvalue weighted by Gasteiger charge is 2.09. The summed E-state index contributed by atoms with van der Waals surface area (Å²) in [4.78, 5) is 0. The predicted molar refractivity (Wildman–Crippen MR) is 95.9 cm³/mol. The summed E-state index contributed by atoms with van der Waals surface area (Å²) in [5, 5.41) is 10.4. The molecule has 0 radical (unpaired) electrons. The molecule has 0 N–H and O–H groups in total. The molecule has 2 aromatic carbocycles. The van der Waals surface area contributed by atoms with E-state index in [-0.39, 0.29) is 0 Å². The van der Waals surface area contributed by atoms with Gasteiger partial charge in [0.25, 0.3) is 0 Å². The van der Waals surface area contributed by atoms with Gasteiger partial charge in [0.05, 0.1) is 0 Å². The summed E-state index contributed by atoms with van der Waals surface area (Å²) >= 11 is 7.60. The lowest BCUT2D eigenvalue weighted by atomic mass is 10.1. The van der Waals surface area contributed by atoms with Gasteiger partial charge in [-0.1, -0.05) is 65.8 Å². The van der Waals surface area contributed by atoms with Crippen molar-refractivity contribution < 1.29 is 0 Å². The van der Waals surface area contributed by atoms with Gasteiger partial charge in [0.15, 0.2) is 5.16 Å². The lowest BCUT2D eigenvalue weighted by Crippen LogP contribution is -2.01. The van der Waals surface area contributed by atoms with Crippen LogP contribution in [0.3, 0.4) is 0 Å². The lowest BCUT2D eigenvalue weighted by Gasteiger charge is -2.04. The normalized spacial score (nSPS) is 10.9. The Bertz CT molecular complexity index is 754. The highest BCUT2D eigenvalue weighted by molar-refractivity contribution is 7.98. The first kappa shape index (κ1) is 16.1. The molecule has 0 aliphatic heterocycles. The van der Waals surface area contributed by atoms with E-state index < -0.39 is 0 Å². The molecule has 23 heavy (non-hydrogen) atoms. The molecule has 0 saturated carbocycles. The van der Waals surface area contributed by atoms with Crippen molar-refractivity contribution in [3.8, 4) is 0 Å². The van der Waals surface area contributed by atoms with Crippen molar-refractivity contribution >= 4 is 23.4 Å². The summed E-state index contributed by atoms with van der Waals surface area (Å²) in [6, 6.07) is 18.4. The first-order chi connectivity index (χ1) is 11.2. The summed E-state index contributed by atoms with van der Waals surface area (Å²) in [5.74, 6) is 1.88. The molecule has 0 unspecified atom stereocenters. The van der Waals surface area contributed by atoms with Crippen LogP contribution in [0.1, 0.15) is 17.0 Å². The number of hydrogen-bond acceptors (Lipinski definition) is 3. The second kappa shape index (κ2) is 7.66. The maximum absolute atomic E-state index is 5.91. The van der Waals surface area contributed by atoms with Gasteiger partial charge in [-0.05, 0) is 29.7 Å². The zero-order chi connectivity index (χ0) is 16.1. The SMILES string of the molecule is Cn1c(CCc2ccccc2)nnc1SCc1ccc(Cl)cc1. The third kappa shape index (κ3) is 4.36. The van der Waals surface area contributed by atoms with Crippen molar-refractivity contribution in [3.63, 3.8) is 0 Å². The number of aryl methyl sites for hydroxylation is 2. The van der Waals surface area contributed by atoms with Crippen LogP contribution < -0.4 is 0 Å². The number of hydrogen-bond donors (Lipinski definition) is 0. The fourth-order valence-corrected chi connectivity index (χ4v) is 3.33. The molecule has 118 valence electrons. The van der Waals surface area contributed by atoms with E-state index in [0.29, 0.717) is 0 Å². The van der Waals surface area contributed by atoms with Crippen LogP contribution in [-0.4, -0.2) is 14.8 Å². The summed E-state index contributed by atoms with van der Waals surface area (Å²) in [5.41, 5.74) is 2.55. The minimum absolute atomic E-state index is 0.764. The van der Waals surface area contributed by atoms with Crippen LogP contribution in [0, 0.1) is 0 Å². The van der Waals surface area contributed by atoms with E-state index in [1.165, 1.54) is 11.1 Å². The largest absolute Gasteiger partial charge is 0.309 e. The predicted octanol–water partition coefficient (Wildman–Crippen LogP) is 4.55. The fourth-order valence-electron chi connectivity index (χ4n) is 2.32. The third-order valence-electron chi connectivity index (χ3n) is 3.69.